The highest BCUT2D eigenvalue weighted by atomic mass is 16.2. The van der Waals surface area contributed by atoms with Crippen molar-refractivity contribution in [3.63, 3.8) is 0 Å². The molecular weight excluding hydrogens is 316 g/mol. The normalized spacial score (nSPS) is 14.2. The molecule has 3 rings (SSSR count). The summed E-state index contributed by atoms with van der Waals surface area (Å²) in [5.41, 5.74) is 2.12. The van der Waals surface area contributed by atoms with Crippen molar-refractivity contribution in [1.29, 1.82) is 0 Å². The van der Waals surface area contributed by atoms with Gasteiger partial charge in [-0.15, -0.1) is 0 Å². The van der Waals surface area contributed by atoms with Crippen LogP contribution < -0.4 is 10.2 Å². The number of aromatic nitrogens is 2. The summed E-state index contributed by atoms with van der Waals surface area (Å²) in [7, 11) is 0. The third-order valence-corrected chi connectivity index (χ3v) is 4.55. The van der Waals surface area contributed by atoms with E-state index in [-0.39, 0.29) is 18.2 Å². The molecule has 25 heavy (non-hydrogen) atoms. The fourth-order valence-electron chi connectivity index (χ4n) is 3.17. The zero-order chi connectivity index (χ0) is 17.6. The highest BCUT2D eigenvalue weighted by Crippen LogP contribution is 2.30. The number of benzene rings is 1. The Bertz CT molecular complexity index is 727. The SMILES string of the molecule is CCCCNC(=O)C[C@@H](C(=O)N1CCc2ccccc21)n1ccnc1. The summed E-state index contributed by atoms with van der Waals surface area (Å²) in [6.07, 6.45) is 7.91. The number of fused-ring (bicyclic) bond motifs is 1. The summed E-state index contributed by atoms with van der Waals surface area (Å²) < 4.78 is 1.72. The quantitative estimate of drug-likeness (QED) is 0.787. The summed E-state index contributed by atoms with van der Waals surface area (Å²) in [4.78, 5) is 31.3. The molecule has 1 atom stereocenters. The van der Waals surface area contributed by atoms with Crippen molar-refractivity contribution in [1.82, 2.24) is 14.9 Å². The minimum absolute atomic E-state index is 0.0615. The van der Waals surface area contributed by atoms with Crippen LogP contribution in [0.3, 0.4) is 0 Å². The number of carbonyl (C=O) groups is 2. The van der Waals surface area contributed by atoms with E-state index in [4.69, 9.17) is 0 Å². The van der Waals surface area contributed by atoms with Crippen LogP contribution in [0.1, 0.15) is 37.8 Å². The number of nitrogens with zero attached hydrogens (tertiary/aromatic N) is 3. The number of carbonyl (C=O) groups excluding carboxylic acids is 2. The molecule has 1 aromatic carbocycles. The van der Waals surface area contributed by atoms with Gasteiger partial charge in [-0.1, -0.05) is 31.5 Å². The molecule has 0 unspecified atom stereocenters. The minimum atomic E-state index is -0.574. The van der Waals surface area contributed by atoms with Gasteiger partial charge in [-0.2, -0.15) is 0 Å². The molecule has 0 radical (unpaired) electrons. The van der Waals surface area contributed by atoms with E-state index in [9.17, 15) is 9.59 Å². The Labute approximate surface area is 147 Å². The summed E-state index contributed by atoms with van der Waals surface area (Å²) >= 11 is 0. The smallest absolute Gasteiger partial charge is 0.250 e. The number of imidazole rings is 1. The highest BCUT2D eigenvalue weighted by molar-refractivity contribution is 6.00. The molecule has 0 fully saturated rings. The second kappa shape index (κ2) is 7.96. The van der Waals surface area contributed by atoms with Crippen LogP contribution in [0.2, 0.25) is 0 Å². The van der Waals surface area contributed by atoms with Crippen molar-refractivity contribution >= 4 is 17.5 Å². The van der Waals surface area contributed by atoms with Crippen LogP contribution in [0, 0.1) is 0 Å². The molecule has 132 valence electrons. The molecule has 0 aliphatic carbocycles. The number of hydrogen-bond acceptors (Lipinski definition) is 3. The van der Waals surface area contributed by atoms with Crippen molar-refractivity contribution < 1.29 is 9.59 Å². The van der Waals surface area contributed by atoms with Crippen LogP contribution in [0.15, 0.2) is 43.0 Å². The van der Waals surface area contributed by atoms with Gasteiger partial charge in [-0.05, 0) is 24.5 Å². The maximum absolute atomic E-state index is 13.2. The zero-order valence-electron chi connectivity index (χ0n) is 14.5. The molecule has 0 bridgehead atoms. The van der Waals surface area contributed by atoms with Crippen LogP contribution in [0.25, 0.3) is 0 Å². The van der Waals surface area contributed by atoms with Crippen LogP contribution in [-0.4, -0.2) is 34.5 Å². The van der Waals surface area contributed by atoms with Crippen LogP contribution in [0.4, 0.5) is 5.69 Å². The van der Waals surface area contributed by atoms with Gasteiger partial charge in [0.2, 0.25) is 5.91 Å². The largest absolute Gasteiger partial charge is 0.356 e. The van der Waals surface area contributed by atoms with Crippen molar-refractivity contribution in [2.45, 2.75) is 38.6 Å². The van der Waals surface area contributed by atoms with Gasteiger partial charge in [0.15, 0.2) is 0 Å². The molecule has 1 aromatic heterocycles. The fraction of sp³-hybridized carbons (Fsp3) is 0.421. The Morgan fingerprint density at radius 1 is 1.32 bits per heavy atom. The van der Waals surface area contributed by atoms with Gasteiger partial charge >= 0.3 is 0 Å². The molecule has 2 heterocycles. The first kappa shape index (κ1) is 17.2. The predicted octanol–water partition coefficient (Wildman–Crippen LogP) is 2.32. The zero-order valence-corrected chi connectivity index (χ0v) is 14.5. The van der Waals surface area contributed by atoms with Gasteiger partial charge in [0.1, 0.15) is 6.04 Å². The van der Waals surface area contributed by atoms with Crippen LogP contribution in [0.5, 0.6) is 0 Å². The first-order valence-electron chi connectivity index (χ1n) is 8.84. The number of hydrogen-bond donors (Lipinski definition) is 1. The lowest BCUT2D eigenvalue weighted by molar-refractivity contribution is -0.128. The van der Waals surface area contributed by atoms with E-state index in [1.54, 1.807) is 28.2 Å². The molecule has 2 aromatic rings. The van der Waals surface area contributed by atoms with Crippen molar-refractivity contribution in [3.8, 4) is 0 Å². The molecule has 2 amide bonds. The standard InChI is InChI=1S/C19H24N4O2/c1-2-3-9-21-18(24)13-17(22-12-10-20-14-22)19(25)23-11-8-15-6-4-5-7-16(15)23/h4-7,10,12,14,17H,2-3,8-9,11,13H2,1H3,(H,21,24)/t17-/m0/s1. The van der Waals surface area contributed by atoms with E-state index in [1.807, 2.05) is 24.3 Å². The average molecular weight is 340 g/mol. The Balaban J connectivity index is 1.76. The Morgan fingerprint density at radius 2 is 2.16 bits per heavy atom. The predicted molar refractivity (Wildman–Crippen MR) is 96.3 cm³/mol. The summed E-state index contributed by atoms with van der Waals surface area (Å²) in [6, 6.07) is 7.36. The van der Waals surface area contributed by atoms with Crippen LogP contribution in [-0.2, 0) is 16.0 Å². The highest BCUT2D eigenvalue weighted by Gasteiger charge is 2.32. The third-order valence-electron chi connectivity index (χ3n) is 4.55. The van der Waals surface area contributed by atoms with Gasteiger partial charge in [0, 0.05) is 31.2 Å². The summed E-state index contributed by atoms with van der Waals surface area (Å²) in [6.45, 7) is 3.38. The monoisotopic (exact) mass is 340 g/mol. The van der Waals surface area contributed by atoms with Gasteiger partial charge < -0.3 is 14.8 Å². The second-order valence-electron chi connectivity index (χ2n) is 6.30. The lowest BCUT2D eigenvalue weighted by Gasteiger charge is -2.24. The molecule has 1 aliphatic heterocycles. The van der Waals surface area contributed by atoms with Gasteiger partial charge in [0.05, 0.1) is 12.7 Å². The van der Waals surface area contributed by atoms with E-state index < -0.39 is 6.04 Å². The Kier molecular flexibility index (Phi) is 5.48. The van der Waals surface area contributed by atoms with Gasteiger partial charge in [-0.25, -0.2) is 4.98 Å². The lowest BCUT2D eigenvalue weighted by atomic mass is 10.1. The first-order chi connectivity index (χ1) is 12.2. The molecule has 0 saturated carbocycles. The number of nitrogens with one attached hydrogen (secondary N) is 1. The maximum atomic E-state index is 13.2. The average Bonchev–Trinajstić information content (AvgIpc) is 3.29. The molecule has 0 saturated heterocycles. The number of amides is 2. The number of rotatable bonds is 7. The molecular formula is C19H24N4O2. The van der Waals surface area contributed by atoms with E-state index >= 15 is 0 Å². The Hall–Kier alpha value is -2.63. The second-order valence-corrected chi connectivity index (χ2v) is 6.30. The Morgan fingerprint density at radius 3 is 2.92 bits per heavy atom. The minimum Gasteiger partial charge on any atom is -0.356 e. The van der Waals surface area contributed by atoms with E-state index in [1.165, 1.54) is 5.56 Å². The number of unbranched alkanes of at least 4 members (excludes halogenated alkanes) is 1. The van der Waals surface area contributed by atoms with E-state index in [2.05, 4.69) is 17.2 Å². The van der Waals surface area contributed by atoms with Crippen molar-refractivity contribution in [2.75, 3.05) is 18.0 Å². The molecule has 1 aliphatic rings. The van der Waals surface area contributed by atoms with Gasteiger partial charge in [-0.3, -0.25) is 9.59 Å². The topological polar surface area (TPSA) is 67.2 Å². The molecule has 0 spiro atoms. The number of anilines is 1. The first-order valence-corrected chi connectivity index (χ1v) is 8.84. The maximum Gasteiger partial charge on any atom is 0.250 e. The molecule has 1 N–H and O–H groups in total. The fourth-order valence-corrected chi connectivity index (χ4v) is 3.17. The van der Waals surface area contributed by atoms with Crippen molar-refractivity contribution in [2.24, 2.45) is 0 Å². The van der Waals surface area contributed by atoms with E-state index in [0.717, 1.165) is 24.9 Å². The van der Waals surface area contributed by atoms with Gasteiger partial charge in [0.25, 0.3) is 5.91 Å². The van der Waals surface area contributed by atoms with Crippen molar-refractivity contribution in [3.05, 3.63) is 48.5 Å². The molecule has 6 nitrogen and oxygen atoms in total. The lowest BCUT2D eigenvalue weighted by Crippen LogP contribution is -2.39. The number of para-hydroxylation sites is 1. The molecule has 6 heteroatoms. The summed E-state index contributed by atoms with van der Waals surface area (Å²) in [5.74, 6) is -0.165. The third kappa shape index (κ3) is 3.90. The van der Waals surface area contributed by atoms with E-state index in [0.29, 0.717) is 13.1 Å². The van der Waals surface area contributed by atoms with Crippen LogP contribution >= 0.6 is 0 Å². The summed E-state index contributed by atoms with van der Waals surface area (Å²) in [5, 5.41) is 2.90.